The summed E-state index contributed by atoms with van der Waals surface area (Å²) in [5, 5.41) is 42.4. The maximum atomic E-state index is 12.5. The molecule has 0 fully saturated rings. The van der Waals surface area contributed by atoms with Crippen molar-refractivity contribution in [3.05, 3.63) is 0 Å². The maximum absolute atomic E-state index is 12.5. The molecular weight excluding hydrogens is 707 g/mol. The summed E-state index contributed by atoms with van der Waals surface area (Å²) in [6.07, 6.45) is 54.0. The van der Waals surface area contributed by atoms with Gasteiger partial charge in [-0.15, -0.1) is 0 Å². The summed E-state index contributed by atoms with van der Waals surface area (Å²) in [6, 6.07) is -0.806. The largest absolute Gasteiger partial charge is 0.396 e. The first-order chi connectivity index (χ1) is 28.1. The molecular formula is C51H103NO5. The van der Waals surface area contributed by atoms with Crippen LogP contribution in [0.2, 0.25) is 0 Å². The fraction of sp³-hybridized carbons (Fsp3) is 0.980. The predicted molar refractivity (Wildman–Crippen MR) is 247 cm³/mol. The van der Waals surface area contributed by atoms with E-state index in [1.54, 1.807) is 0 Å². The van der Waals surface area contributed by atoms with E-state index in [-0.39, 0.29) is 12.5 Å². The fourth-order valence-electron chi connectivity index (χ4n) is 8.50. The number of amides is 1. The first-order valence-corrected chi connectivity index (χ1v) is 25.9. The number of carbonyl (C=O) groups excluding carboxylic acids is 1. The lowest BCUT2D eigenvalue weighted by Crippen LogP contribution is -2.50. The Kier molecular flexibility index (Phi) is 47.4. The van der Waals surface area contributed by atoms with Crippen LogP contribution in [-0.2, 0) is 4.79 Å². The molecule has 0 aliphatic carbocycles. The monoisotopic (exact) mass is 810 g/mol. The minimum atomic E-state index is -1.13. The Balaban J connectivity index is 3.43. The minimum absolute atomic E-state index is 0.141. The molecule has 5 N–H and O–H groups in total. The van der Waals surface area contributed by atoms with Gasteiger partial charge in [0, 0.05) is 13.0 Å². The molecule has 6 heteroatoms. The molecule has 0 aromatic rings. The van der Waals surface area contributed by atoms with Gasteiger partial charge in [-0.3, -0.25) is 4.79 Å². The van der Waals surface area contributed by atoms with Gasteiger partial charge in [0.15, 0.2) is 0 Å². The van der Waals surface area contributed by atoms with Crippen LogP contribution in [0.1, 0.15) is 289 Å². The number of hydrogen-bond acceptors (Lipinski definition) is 5. The highest BCUT2D eigenvalue weighted by Gasteiger charge is 2.26. The number of nitrogens with one attached hydrogen (secondary N) is 1. The van der Waals surface area contributed by atoms with E-state index in [1.165, 1.54) is 225 Å². The van der Waals surface area contributed by atoms with E-state index in [0.717, 1.165) is 44.9 Å². The molecule has 0 bridgehead atoms. The van der Waals surface area contributed by atoms with Gasteiger partial charge < -0.3 is 25.7 Å². The Labute approximate surface area is 356 Å². The van der Waals surface area contributed by atoms with E-state index in [4.69, 9.17) is 5.11 Å². The van der Waals surface area contributed by atoms with Crippen molar-refractivity contribution < 1.29 is 25.2 Å². The van der Waals surface area contributed by atoms with Gasteiger partial charge >= 0.3 is 0 Å². The van der Waals surface area contributed by atoms with Crippen LogP contribution in [0, 0.1) is 0 Å². The second-order valence-electron chi connectivity index (χ2n) is 18.2. The van der Waals surface area contributed by atoms with Crippen molar-refractivity contribution in [1.29, 1.82) is 0 Å². The summed E-state index contributed by atoms with van der Waals surface area (Å²) in [5.74, 6) is -0.141. The molecule has 0 rings (SSSR count). The number of rotatable bonds is 49. The summed E-state index contributed by atoms with van der Waals surface area (Å²) in [7, 11) is 0. The standard InChI is InChI=1S/C51H103NO5/c1-2-3-4-5-6-7-8-29-32-35-38-41-44-49(55)51(57)48(47-54)52-50(56)45-42-39-36-33-30-27-25-23-21-19-17-15-13-11-9-10-12-14-16-18-20-22-24-26-28-31-34-37-40-43-46-53/h48-49,51,53-55,57H,2-47H2,1H3,(H,52,56)/t48-,49+,51-/m0/s1. The summed E-state index contributed by atoms with van der Waals surface area (Å²) < 4.78 is 0. The van der Waals surface area contributed by atoms with Crippen LogP contribution < -0.4 is 5.32 Å². The van der Waals surface area contributed by atoms with Crippen LogP contribution in [0.25, 0.3) is 0 Å². The van der Waals surface area contributed by atoms with E-state index < -0.39 is 18.2 Å². The molecule has 0 spiro atoms. The van der Waals surface area contributed by atoms with Crippen LogP contribution in [0.4, 0.5) is 0 Å². The van der Waals surface area contributed by atoms with Crippen LogP contribution in [0.3, 0.4) is 0 Å². The zero-order chi connectivity index (χ0) is 41.5. The Hall–Kier alpha value is -0.690. The zero-order valence-electron chi connectivity index (χ0n) is 38.5. The highest BCUT2D eigenvalue weighted by atomic mass is 16.3. The van der Waals surface area contributed by atoms with Crippen LogP contribution in [-0.4, -0.2) is 57.8 Å². The van der Waals surface area contributed by atoms with Crippen molar-refractivity contribution in [3.8, 4) is 0 Å². The third-order valence-corrected chi connectivity index (χ3v) is 12.5. The van der Waals surface area contributed by atoms with Gasteiger partial charge in [-0.1, -0.05) is 264 Å². The Morgan fingerprint density at radius 2 is 0.649 bits per heavy atom. The second kappa shape index (κ2) is 48.0. The number of unbranched alkanes of at least 4 members (excludes halogenated alkanes) is 40. The molecule has 0 aromatic carbocycles. The smallest absolute Gasteiger partial charge is 0.220 e. The minimum Gasteiger partial charge on any atom is -0.396 e. The number of carbonyl (C=O) groups is 1. The Bertz CT molecular complexity index is 766. The van der Waals surface area contributed by atoms with E-state index in [2.05, 4.69) is 12.2 Å². The third kappa shape index (κ3) is 43.2. The van der Waals surface area contributed by atoms with Gasteiger partial charge in [-0.2, -0.15) is 0 Å². The van der Waals surface area contributed by atoms with Crippen LogP contribution in [0.5, 0.6) is 0 Å². The van der Waals surface area contributed by atoms with Crippen molar-refractivity contribution in [2.75, 3.05) is 13.2 Å². The molecule has 0 saturated carbocycles. The molecule has 0 aromatic heterocycles. The van der Waals surface area contributed by atoms with E-state index in [9.17, 15) is 20.1 Å². The highest BCUT2D eigenvalue weighted by Crippen LogP contribution is 2.18. The molecule has 1 amide bonds. The number of aliphatic hydroxyl groups is 4. The summed E-state index contributed by atoms with van der Waals surface area (Å²) >= 11 is 0. The molecule has 0 saturated heterocycles. The fourth-order valence-corrected chi connectivity index (χ4v) is 8.50. The first-order valence-electron chi connectivity index (χ1n) is 25.9. The molecule has 57 heavy (non-hydrogen) atoms. The Morgan fingerprint density at radius 1 is 0.386 bits per heavy atom. The molecule has 0 unspecified atom stereocenters. The van der Waals surface area contributed by atoms with Gasteiger partial charge in [0.05, 0.1) is 18.8 Å². The average Bonchev–Trinajstić information content (AvgIpc) is 3.22. The summed E-state index contributed by atoms with van der Waals surface area (Å²) in [5.41, 5.74) is 0. The van der Waals surface area contributed by atoms with Gasteiger partial charge in [0.1, 0.15) is 6.10 Å². The molecule has 3 atom stereocenters. The van der Waals surface area contributed by atoms with Crippen molar-refractivity contribution >= 4 is 5.91 Å². The predicted octanol–water partition coefficient (Wildman–Crippen LogP) is 14.4. The van der Waals surface area contributed by atoms with Crippen LogP contribution in [0.15, 0.2) is 0 Å². The normalized spacial score (nSPS) is 13.3. The lowest BCUT2D eigenvalue weighted by molar-refractivity contribution is -0.124. The average molecular weight is 810 g/mol. The molecule has 342 valence electrons. The molecule has 0 heterocycles. The highest BCUT2D eigenvalue weighted by molar-refractivity contribution is 5.76. The maximum Gasteiger partial charge on any atom is 0.220 e. The van der Waals surface area contributed by atoms with Crippen molar-refractivity contribution in [1.82, 2.24) is 5.32 Å². The molecule has 6 nitrogen and oxygen atoms in total. The quantitative estimate of drug-likeness (QED) is 0.0393. The van der Waals surface area contributed by atoms with Gasteiger partial charge in [-0.05, 0) is 19.3 Å². The third-order valence-electron chi connectivity index (χ3n) is 12.5. The topological polar surface area (TPSA) is 110 Å². The van der Waals surface area contributed by atoms with Crippen molar-refractivity contribution in [2.45, 2.75) is 308 Å². The first kappa shape index (κ1) is 56.3. The second-order valence-corrected chi connectivity index (χ2v) is 18.2. The number of hydrogen-bond donors (Lipinski definition) is 5. The van der Waals surface area contributed by atoms with Gasteiger partial charge in [-0.25, -0.2) is 0 Å². The summed E-state index contributed by atoms with van der Waals surface area (Å²) in [6.45, 7) is 2.26. The molecule has 0 aliphatic heterocycles. The lowest BCUT2D eigenvalue weighted by atomic mass is 9.99. The van der Waals surface area contributed by atoms with E-state index >= 15 is 0 Å². The van der Waals surface area contributed by atoms with Gasteiger partial charge in [0.2, 0.25) is 5.91 Å². The van der Waals surface area contributed by atoms with E-state index in [1.807, 2.05) is 0 Å². The van der Waals surface area contributed by atoms with E-state index in [0.29, 0.717) is 19.4 Å². The molecule has 0 aliphatic rings. The zero-order valence-corrected chi connectivity index (χ0v) is 38.5. The Morgan fingerprint density at radius 3 is 0.930 bits per heavy atom. The van der Waals surface area contributed by atoms with Crippen LogP contribution >= 0.6 is 0 Å². The lowest BCUT2D eigenvalue weighted by Gasteiger charge is -2.26. The van der Waals surface area contributed by atoms with Gasteiger partial charge in [0.25, 0.3) is 0 Å². The summed E-state index contributed by atoms with van der Waals surface area (Å²) in [4.78, 5) is 12.5. The SMILES string of the molecule is CCCCCCCCCCCCCC[C@@H](O)[C@@H](O)[C@H](CO)NC(=O)CCCCCCCCCCCCCCCCCCCCCCCCCCCCCCCCO. The molecule has 0 radical (unpaired) electrons. The van der Waals surface area contributed by atoms with Crippen molar-refractivity contribution in [3.63, 3.8) is 0 Å². The van der Waals surface area contributed by atoms with Crippen molar-refractivity contribution in [2.24, 2.45) is 0 Å². The number of aliphatic hydroxyl groups excluding tert-OH is 4.